The lowest BCUT2D eigenvalue weighted by Gasteiger charge is -2.20. The topological polar surface area (TPSA) is 93.2 Å². The van der Waals surface area contributed by atoms with Gasteiger partial charge in [0.05, 0.1) is 11.4 Å². The second-order valence-corrected chi connectivity index (χ2v) is 5.32. The van der Waals surface area contributed by atoms with Crippen LogP contribution in [0.2, 0.25) is 0 Å². The first kappa shape index (κ1) is 14.2. The molecule has 1 rings (SSSR count). The molecule has 1 aromatic carbocycles. The summed E-state index contributed by atoms with van der Waals surface area (Å²) in [6.45, 7) is 6.43. The Bertz CT molecular complexity index is 423. The Hall–Kier alpha value is -1.91. The number of hydrogen-bond donors (Lipinski definition) is 4. The number of benzene rings is 1. The van der Waals surface area contributed by atoms with Crippen molar-refractivity contribution in [2.75, 3.05) is 23.3 Å². The summed E-state index contributed by atoms with van der Waals surface area (Å²) in [6, 6.07) is 5.34. The number of nitrogens with one attached hydrogen (secondary N) is 2. The maximum absolute atomic E-state index is 11.6. The van der Waals surface area contributed by atoms with Crippen LogP contribution in [0.15, 0.2) is 18.2 Å². The van der Waals surface area contributed by atoms with Gasteiger partial charge in [0.1, 0.15) is 0 Å². The van der Waals surface area contributed by atoms with Gasteiger partial charge in [-0.1, -0.05) is 0 Å². The molecule has 0 saturated carbocycles. The van der Waals surface area contributed by atoms with E-state index >= 15 is 0 Å². The second kappa shape index (κ2) is 5.62. The molecule has 1 aromatic rings. The minimum absolute atomic E-state index is 0.0263. The van der Waals surface area contributed by atoms with Crippen molar-refractivity contribution in [3.8, 4) is 0 Å². The van der Waals surface area contributed by atoms with E-state index in [1.54, 1.807) is 12.1 Å². The lowest BCUT2D eigenvalue weighted by atomic mass is 10.1. The van der Waals surface area contributed by atoms with Gasteiger partial charge in [-0.25, -0.2) is 0 Å². The normalized spacial score (nSPS) is 11.1. The van der Waals surface area contributed by atoms with Crippen molar-refractivity contribution in [3.63, 3.8) is 0 Å². The predicted molar refractivity (Wildman–Crippen MR) is 76.3 cm³/mol. The number of carbonyl (C=O) groups excluding carboxylic acids is 1. The van der Waals surface area contributed by atoms with Crippen LogP contribution in [0.5, 0.6) is 0 Å². The molecule has 1 amide bonds. The number of hydrogen-bond acceptors (Lipinski definition) is 4. The molecule has 0 bridgehead atoms. The first-order chi connectivity index (χ1) is 8.28. The summed E-state index contributed by atoms with van der Waals surface area (Å²) >= 11 is 0. The van der Waals surface area contributed by atoms with Crippen LogP contribution in [0.25, 0.3) is 0 Å². The maximum Gasteiger partial charge on any atom is 0.222 e. The van der Waals surface area contributed by atoms with E-state index in [1.807, 2.05) is 26.8 Å². The van der Waals surface area contributed by atoms with Gasteiger partial charge < -0.3 is 22.1 Å². The number of amides is 1. The largest absolute Gasteiger partial charge is 0.397 e. The molecule has 0 radical (unpaired) electrons. The van der Waals surface area contributed by atoms with E-state index in [1.165, 1.54) is 0 Å². The zero-order chi connectivity index (χ0) is 13.8. The number of nitrogen functional groups attached to an aromatic ring is 2. The highest BCUT2D eigenvalue weighted by Crippen LogP contribution is 2.19. The van der Waals surface area contributed by atoms with Gasteiger partial charge >= 0.3 is 0 Å². The Morgan fingerprint density at radius 2 is 1.89 bits per heavy atom. The van der Waals surface area contributed by atoms with E-state index in [0.29, 0.717) is 24.3 Å². The molecule has 0 aromatic heterocycles. The minimum Gasteiger partial charge on any atom is -0.397 e. The third-order valence-electron chi connectivity index (χ3n) is 2.28. The molecule has 0 fully saturated rings. The number of anilines is 3. The van der Waals surface area contributed by atoms with Crippen LogP contribution < -0.4 is 22.1 Å². The molecule has 0 aliphatic carbocycles. The minimum atomic E-state index is -0.192. The molecule has 18 heavy (non-hydrogen) atoms. The van der Waals surface area contributed by atoms with Crippen LogP contribution in [0.4, 0.5) is 17.1 Å². The van der Waals surface area contributed by atoms with Crippen molar-refractivity contribution in [3.05, 3.63) is 18.2 Å². The van der Waals surface area contributed by atoms with E-state index in [9.17, 15) is 4.79 Å². The van der Waals surface area contributed by atoms with Gasteiger partial charge in [0.25, 0.3) is 0 Å². The zero-order valence-corrected chi connectivity index (χ0v) is 11.2. The van der Waals surface area contributed by atoms with Crippen LogP contribution in [0.3, 0.4) is 0 Å². The Morgan fingerprint density at radius 3 is 2.44 bits per heavy atom. The standard InChI is InChI=1S/C13H22N4O/c1-13(2,3)17-12(18)6-7-16-9-4-5-10(14)11(15)8-9/h4-5,8,16H,6-7,14-15H2,1-3H3,(H,17,18). The number of nitrogens with two attached hydrogens (primary N) is 2. The van der Waals surface area contributed by atoms with Crippen LogP contribution in [-0.4, -0.2) is 18.0 Å². The van der Waals surface area contributed by atoms with Gasteiger partial charge in [-0.3, -0.25) is 4.79 Å². The summed E-state index contributed by atoms with van der Waals surface area (Å²) < 4.78 is 0. The molecule has 0 saturated heterocycles. The van der Waals surface area contributed by atoms with Crippen molar-refractivity contribution in [2.24, 2.45) is 0 Å². The molecular weight excluding hydrogens is 228 g/mol. The Morgan fingerprint density at radius 1 is 1.22 bits per heavy atom. The van der Waals surface area contributed by atoms with Crippen LogP contribution in [-0.2, 0) is 4.79 Å². The summed E-state index contributed by atoms with van der Waals surface area (Å²) in [7, 11) is 0. The quantitative estimate of drug-likeness (QED) is 0.610. The third-order valence-corrected chi connectivity index (χ3v) is 2.28. The highest BCUT2D eigenvalue weighted by Gasteiger charge is 2.12. The van der Waals surface area contributed by atoms with Crippen LogP contribution >= 0.6 is 0 Å². The van der Waals surface area contributed by atoms with Crippen LogP contribution in [0, 0.1) is 0 Å². The lowest BCUT2D eigenvalue weighted by molar-refractivity contribution is -0.122. The highest BCUT2D eigenvalue weighted by molar-refractivity contribution is 5.77. The molecule has 0 unspecified atom stereocenters. The SMILES string of the molecule is CC(C)(C)NC(=O)CCNc1ccc(N)c(N)c1. The first-order valence-electron chi connectivity index (χ1n) is 5.98. The summed E-state index contributed by atoms with van der Waals surface area (Å²) in [5, 5.41) is 6.04. The van der Waals surface area contributed by atoms with Crippen molar-refractivity contribution in [1.82, 2.24) is 5.32 Å². The second-order valence-electron chi connectivity index (χ2n) is 5.32. The van der Waals surface area contributed by atoms with Crippen molar-refractivity contribution in [2.45, 2.75) is 32.7 Å². The fourth-order valence-corrected chi connectivity index (χ4v) is 1.49. The van der Waals surface area contributed by atoms with Crippen molar-refractivity contribution in [1.29, 1.82) is 0 Å². The fourth-order valence-electron chi connectivity index (χ4n) is 1.49. The molecule has 0 aliphatic rings. The molecule has 5 heteroatoms. The van der Waals surface area contributed by atoms with Gasteiger partial charge in [0.2, 0.25) is 5.91 Å². The van der Waals surface area contributed by atoms with Gasteiger partial charge in [0.15, 0.2) is 0 Å². The predicted octanol–water partition coefficient (Wildman–Crippen LogP) is 1.57. The van der Waals surface area contributed by atoms with Gasteiger partial charge in [-0.15, -0.1) is 0 Å². The van der Waals surface area contributed by atoms with E-state index in [-0.39, 0.29) is 11.4 Å². The fraction of sp³-hybridized carbons (Fsp3) is 0.462. The summed E-state index contributed by atoms with van der Waals surface area (Å²) in [6.07, 6.45) is 0.418. The van der Waals surface area contributed by atoms with Crippen molar-refractivity contribution < 1.29 is 4.79 Å². The van der Waals surface area contributed by atoms with Gasteiger partial charge in [-0.05, 0) is 39.0 Å². The van der Waals surface area contributed by atoms with E-state index in [4.69, 9.17) is 11.5 Å². The average Bonchev–Trinajstić information content (AvgIpc) is 2.20. The Labute approximate surface area is 108 Å². The molecular formula is C13H22N4O. The highest BCUT2D eigenvalue weighted by atomic mass is 16.1. The molecule has 100 valence electrons. The molecule has 0 aliphatic heterocycles. The zero-order valence-electron chi connectivity index (χ0n) is 11.2. The Kier molecular flexibility index (Phi) is 4.42. The van der Waals surface area contributed by atoms with E-state index in [2.05, 4.69) is 10.6 Å². The van der Waals surface area contributed by atoms with E-state index in [0.717, 1.165) is 5.69 Å². The summed E-state index contributed by atoms with van der Waals surface area (Å²) in [4.78, 5) is 11.6. The van der Waals surface area contributed by atoms with E-state index < -0.39 is 0 Å². The number of rotatable bonds is 4. The smallest absolute Gasteiger partial charge is 0.222 e. The van der Waals surface area contributed by atoms with Gasteiger partial charge in [0, 0.05) is 24.2 Å². The van der Waals surface area contributed by atoms with Crippen LogP contribution in [0.1, 0.15) is 27.2 Å². The van der Waals surface area contributed by atoms with Crippen molar-refractivity contribution >= 4 is 23.0 Å². The Balaban J connectivity index is 2.38. The average molecular weight is 250 g/mol. The molecule has 6 N–H and O–H groups in total. The third kappa shape index (κ3) is 4.95. The molecule has 0 heterocycles. The lowest BCUT2D eigenvalue weighted by Crippen LogP contribution is -2.41. The van der Waals surface area contributed by atoms with Gasteiger partial charge in [-0.2, -0.15) is 0 Å². The first-order valence-corrected chi connectivity index (χ1v) is 5.98. The molecule has 5 nitrogen and oxygen atoms in total. The summed E-state index contributed by atoms with van der Waals surface area (Å²) in [5.74, 6) is 0.0263. The number of carbonyl (C=O) groups is 1. The molecule has 0 spiro atoms. The maximum atomic E-state index is 11.6. The summed E-state index contributed by atoms with van der Waals surface area (Å²) in [5.41, 5.74) is 13.1. The molecule has 0 atom stereocenters. The monoisotopic (exact) mass is 250 g/mol.